The van der Waals surface area contributed by atoms with Gasteiger partial charge in [0.15, 0.2) is 0 Å². The summed E-state index contributed by atoms with van der Waals surface area (Å²) in [4.78, 5) is 22.4. The van der Waals surface area contributed by atoms with Crippen LogP contribution in [-0.4, -0.2) is 28.6 Å². The van der Waals surface area contributed by atoms with E-state index in [9.17, 15) is 14.7 Å². The van der Waals surface area contributed by atoms with E-state index in [4.69, 9.17) is 5.11 Å². The topological polar surface area (TPSA) is 86.6 Å². The molecule has 0 aromatic heterocycles. The van der Waals surface area contributed by atoms with Gasteiger partial charge in [0.05, 0.1) is 5.92 Å². The third kappa shape index (κ3) is 3.76. The summed E-state index contributed by atoms with van der Waals surface area (Å²) < 4.78 is 0. The smallest absolute Gasteiger partial charge is 0.306 e. The third-order valence-electron chi connectivity index (χ3n) is 2.74. The Labute approximate surface area is 105 Å². The van der Waals surface area contributed by atoms with Crippen LogP contribution < -0.4 is 5.32 Å². The number of aliphatic carboxylic acids is 1. The molecular weight excluding hydrogens is 234 g/mol. The van der Waals surface area contributed by atoms with Crippen molar-refractivity contribution in [3.8, 4) is 5.75 Å². The average molecular weight is 251 g/mol. The highest BCUT2D eigenvalue weighted by molar-refractivity contribution is 5.95. The molecule has 98 valence electrons. The zero-order valence-corrected chi connectivity index (χ0v) is 10.4. The first kappa shape index (κ1) is 14.0. The molecule has 0 bridgehead atoms. The van der Waals surface area contributed by atoms with Crippen molar-refractivity contribution in [1.29, 1.82) is 0 Å². The summed E-state index contributed by atoms with van der Waals surface area (Å²) in [5.74, 6) is -1.50. The summed E-state index contributed by atoms with van der Waals surface area (Å²) in [5, 5.41) is 20.6. The molecule has 1 aromatic rings. The van der Waals surface area contributed by atoms with E-state index in [-0.39, 0.29) is 11.7 Å². The number of phenolic OH excluding ortho intramolecular Hbond substituents is 1. The summed E-state index contributed by atoms with van der Waals surface area (Å²) in [6.45, 7) is 3.64. The van der Waals surface area contributed by atoms with Gasteiger partial charge < -0.3 is 15.5 Å². The van der Waals surface area contributed by atoms with E-state index in [1.165, 1.54) is 12.1 Å². The minimum Gasteiger partial charge on any atom is -0.508 e. The number of benzene rings is 1. The molecule has 0 saturated carbocycles. The van der Waals surface area contributed by atoms with Crippen LogP contribution >= 0.6 is 0 Å². The SMILES string of the molecule is Cc1cc(O)ccc1C(=O)NCCC(C)C(=O)O. The molecule has 1 unspecified atom stereocenters. The van der Waals surface area contributed by atoms with Crippen molar-refractivity contribution < 1.29 is 19.8 Å². The highest BCUT2D eigenvalue weighted by Gasteiger charge is 2.12. The van der Waals surface area contributed by atoms with Crippen LogP contribution in [0, 0.1) is 12.8 Å². The van der Waals surface area contributed by atoms with Gasteiger partial charge in [0.2, 0.25) is 0 Å². The molecule has 1 atom stereocenters. The summed E-state index contributed by atoms with van der Waals surface area (Å²) in [5.41, 5.74) is 1.16. The van der Waals surface area contributed by atoms with Gasteiger partial charge in [0.25, 0.3) is 5.91 Å². The zero-order chi connectivity index (χ0) is 13.7. The summed E-state index contributed by atoms with van der Waals surface area (Å²) in [6.07, 6.45) is 0.387. The van der Waals surface area contributed by atoms with Crippen molar-refractivity contribution in [2.45, 2.75) is 20.3 Å². The molecule has 5 nitrogen and oxygen atoms in total. The fraction of sp³-hybridized carbons (Fsp3) is 0.385. The fourth-order valence-electron chi connectivity index (χ4n) is 1.52. The van der Waals surface area contributed by atoms with E-state index in [0.29, 0.717) is 24.1 Å². The first-order valence-electron chi connectivity index (χ1n) is 5.72. The molecule has 5 heteroatoms. The molecule has 18 heavy (non-hydrogen) atoms. The molecule has 0 fully saturated rings. The van der Waals surface area contributed by atoms with Crippen LogP contribution in [0.3, 0.4) is 0 Å². The number of nitrogens with one attached hydrogen (secondary N) is 1. The number of aromatic hydroxyl groups is 1. The van der Waals surface area contributed by atoms with Crippen LogP contribution in [0.15, 0.2) is 18.2 Å². The molecule has 0 saturated heterocycles. The number of hydrogen-bond acceptors (Lipinski definition) is 3. The lowest BCUT2D eigenvalue weighted by Crippen LogP contribution is -2.27. The van der Waals surface area contributed by atoms with Crippen molar-refractivity contribution in [2.75, 3.05) is 6.54 Å². The number of aryl methyl sites for hydroxylation is 1. The quantitative estimate of drug-likeness (QED) is 0.740. The maximum Gasteiger partial charge on any atom is 0.306 e. The number of carbonyl (C=O) groups is 2. The van der Waals surface area contributed by atoms with E-state index < -0.39 is 11.9 Å². The average Bonchev–Trinajstić information content (AvgIpc) is 2.28. The van der Waals surface area contributed by atoms with E-state index in [1.807, 2.05) is 0 Å². The lowest BCUT2D eigenvalue weighted by molar-refractivity contribution is -0.141. The minimum atomic E-state index is -0.870. The van der Waals surface area contributed by atoms with E-state index in [1.54, 1.807) is 19.9 Å². The van der Waals surface area contributed by atoms with E-state index >= 15 is 0 Å². The lowest BCUT2D eigenvalue weighted by Gasteiger charge is -2.09. The number of phenols is 1. The van der Waals surface area contributed by atoms with Crippen molar-refractivity contribution >= 4 is 11.9 Å². The van der Waals surface area contributed by atoms with Gasteiger partial charge >= 0.3 is 5.97 Å². The Morgan fingerprint density at radius 2 is 2.06 bits per heavy atom. The predicted octanol–water partition coefficient (Wildman–Crippen LogP) is 1.54. The van der Waals surface area contributed by atoms with Crippen molar-refractivity contribution in [3.05, 3.63) is 29.3 Å². The first-order chi connectivity index (χ1) is 8.41. The van der Waals surface area contributed by atoms with Crippen molar-refractivity contribution in [3.63, 3.8) is 0 Å². The molecular formula is C13H17NO4. The largest absolute Gasteiger partial charge is 0.508 e. The molecule has 0 aliphatic heterocycles. The standard InChI is InChI=1S/C13H17NO4/c1-8(13(17)18)5-6-14-12(16)11-4-3-10(15)7-9(11)2/h3-4,7-8,15H,5-6H2,1-2H3,(H,14,16)(H,17,18). The van der Waals surface area contributed by atoms with Crippen LogP contribution in [0.1, 0.15) is 29.3 Å². The number of rotatable bonds is 5. The molecule has 0 aliphatic carbocycles. The first-order valence-corrected chi connectivity index (χ1v) is 5.72. The van der Waals surface area contributed by atoms with Gasteiger partial charge in [-0.05, 0) is 37.1 Å². The second-order valence-electron chi connectivity index (χ2n) is 4.28. The Kier molecular flexibility index (Phi) is 4.71. The number of carboxylic acid groups (broad SMARTS) is 1. The van der Waals surface area contributed by atoms with Gasteiger partial charge in [-0.3, -0.25) is 9.59 Å². The third-order valence-corrected chi connectivity index (χ3v) is 2.74. The van der Waals surface area contributed by atoms with Crippen LogP contribution in [-0.2, 0) is 4.79 Å². The van der Waals surface area contributed by atoms with Gasteiger partial charge in [0, 0.05) is 12.1 Å². The summed E-state index contributed by atoms with van der Waals surface area (Å²) in [6, 6.07) is 4.50. The van der Waals surface area contributed by atoms with Crippen LogP contribution in [0.2, 0.25) is 0 Å². The Balaban J connectivity index is 2.53. The van der Waals surface area contributed by atoms with E-state index in [2.05, 4.69) is 5.32 Å². The monoisotopic (exact) mass is 251 g/mol. The van der Waals surface area contributed by atoms with Crippen molar-refractivity contribution in [1.82, 2.24) is 5.32 Å². The van der Waals surface area contributed by atoms with Crippen LogP contribution in [0.5, 0.6) is 5.75 Å². The predicted molar refractivity (Wildman–Crippen MR) is 66.6 cm³/mol. The van der Waals surface area contributed by atoms with Gasteiger partial charge in [-0.25, -0.2) is 0 Å². The Hall–Kier alpha value is -2.04. The van der Waals surface area contributed by atoms with Crippen LogP contribution in [0.4, 0.5) is 0 Å². The second-order valence-corrected chi connectivity index (χ2v) is 4.28. The molecule has 1 amide bonds. The molecule has 1 aromatic carbocycles. The Bertz CT molecular complexity index is 456. The van der Waals surface area contributed by atoms with Gasteiger partial charge in [0.1, 0.15) is 5.75 Å². The molecule has 0 heterocycles. The Morgan fingerprint density at radius 3 is 2.61 bits per heavy atom. The van der Waals surface area contributed by atoms with E-state index in [0.717, 1.165) is 0 Å². The van der Waals surface area contributed by atoms with Crippen LogP contribution in [0.25, 0.3) is 0 Å². The fourth-order valence-corrected chi connectivity index (χ4v) is 1.52. The van der Waals surface area contributed by atoms with Gasteiger partial charge in [-0.1, -0.05) is 6.92 Å². The maximum atomic E-state index is 11.8. The summed E-state index contributed by atoms with van der Waals surface area (Å²) in [7, 11) is 0. The highest BCUT2D eigenvalue weighted by atomic mass is 16.4. The number of carboxylic acids is 1. The van der Waals surface area contributed by atoms with Gasteiger partial charge in [-0.2, -0.15) is 0 Å². The van der Waals surface area contributed by atoms with Gasteiger partial charge in [-0.15, -0.1) is 0 Å². The number of hydrogen-bond donors (Lipinski definition) is 3. The summed E-state index contributed by atoms with van der Waals surface area (Å²) >= 11 is 0. The normalized spacial score (nSPS) is 11.9. The highest BCUT2D eigenvalue weighted by Crippen LogP contribution is 2.15. The zero-order valence-electron chi connectivity index (χ0n) is 10.4. The molecule has 0 spiro atoms. The Morgan fingerprint density at radius 1 is 1.39 bits per heavy atom. The minimum absolute atomic E-state index is 0.114. The lowest BCUT2D eigenvalue weighted by atomic mass is 10.1. The van der Waals surface area contributed by atoms with Crippen molar-refractivity contribution in [2.24, 2.45) is 5.92 Å². The molecule has 0 radical (unpaired) electrons. The molecule has 1 rings (SSSR count). The molecule has 0 aliphatic rings. The number of amides is 1. The maximum absolute atomic E-state index is 11.8. The molecule has 3 N–H and O–H groups in total. The second kappa shape index (κ2) is 6.05. The number of carbonyl (C=O) groups excluding carboxylic acids is 1.